The lowest BCUT2D eigenvalue weighted by Crippen LogP contribution is -2.46. The van der Waals surface area contributed by atoms with Crippen molar-refractivity contribution in [2.75, 3.05) is 0 Å². The lowest BCUT2D eigenvalue weighted by Gasteiger charge is -2.08. The van der Waals surface area contributed by atoms with Gasteiger partial charge in [-0.1, -0.05) is 13.3 Å². The highest BCUT2D eigenvalue weighted by molar-refractivity contribution is 7.84. The minimum Gasteiger partial charge on any atom is -0.317 e. The van der Waals surface area contributed by atoms with E-state index in [1.165, 1.54) is 4.72 Å². The van der Waals surface area contributed by atoms with Gasteiger partial charge in [0.25, 0.3) is 5.91 Å². The first kappa shape index (κ1) is 10.4. The highest BCUT2D eigenvalue weighted by Gasteiger charge is 2.56. The molecule has 2 unspecified atom stereocenters. The minimum absolute atomic E-state index is 0.00856. The third-order valence-electron chi connectivity index (χ3n) is 2.29. The highest BCUT2D eigenvalue weighted by Crippen LogP contribution is 2.43. The second-order valence-corrected chi connectivity index (χ2v) is 4.41. The third kappa shape index (κ3) is 2.17. The van der Waals surface area contributed by atoms with E-state index in [1.807, 2.05) is 6.92 Å². The van der Waals surface area contributed by atoms with Crippen LogP contribution in [0.1, 0.15) is 19.8 Å². The van der Waals surface area contributed by atoms with Crippen LogP contribution >= 0.6 is 0 Å². The summed E-state index contributed by atoms with van der Waals surface area (Å²) >= 11 is 0. The summed E-state index contributed by atoms with van der Waals surface area (Å²) in [5.41, 5.74) is 4.46. The van der Waals surface area contributed by atoms with Crippen LogP contribution < -0.4 is 10.5 Å². The zero-order valence-electron chi connectivity index (χ0n) is 7.15. The monoisotopic (exact) mass is 208 g/mol. The van der Waals surface area contributed by atoms with Crippen molar-refractivity contribution in [3.8, 4) is 0 Å². The Morgan fingerprint density at radius 3 is 2.62 bits per heavy atom. The third-order valence-corrected chi connectivity index (χ3v) is 2.73. The molecule has 7 heteroatoms. The first-order chi connectivity index (χ1) is 5.79. The molecule has 1 aliphatic rings. The summed E-state index contributed by atoms with van der Waals surface area (Å²) in [7, 11) is -4.48. The average molecular weight is 208 g/mol. The molecule has 1 amide bonds. The summed E-state index contributed by atoms with van der Waals surface area (Å²) in [6.45, 7) is 1.86. The van der Waals surface area contributed by atoms with Gasteiger partial charge in [-0.05, 0) is 12.3 Å². The topological polar surface area (TPSA) is 109 Å². The van der Waals surface area contributed by atoms with E-state index in [-0.39, 0.29) is 5.92 Å². The van der Waals surface area contributed by atoms with E-state index < -0.39 is 21.8 Å². The smallest absolute Gasteiger partial charge is 0.317 e. The van der Waals surface area contributed by atoms with Crippen molar-refractivity contribution < 1.29 is 17.8 Å². The molecule has 0 aromatic rings. The van der Waals surface area contributed by atoms with Crippen molar-refractivity contribution in [3.63, 3.8) is 0 Å². The zero-order valence-corrected chi connectivity index (χ0v) is 7.97. The van der Waals surface area contributed by atoms with Gasteiger partial charge in [0, 0.05) is 0 Å². The molecule has 76 valence electrons. The lowest BCUT2D eigenvalue weighted by atomic mass is 10.2. The van der Waals surface area contributed by atoms with Crippen molar-refractivity contribution in [1.82, 2.24) is 4.72 Å². The molecule has 4 N–H and O–H groups in total. The van der Waals surface area contributed by atoms with Gasteiger partial charge in [0.05, 0.1) is 5.54 Å². The molecule has 0 saturated heterocycles. The lowest BCUT2D eigenvalue weighted by molar-refractivity contribution is -0.121. The molecule has 0 radical (unpaired) electrons. The van der Waals surface area contributed by atoms with Gasteiger partial charge in [-0.3, -0.25) is 9.35 Å². The Bertz CT molecular complexity index is 326. The molecule has 0 aliphatic heterocycles. The zero-order chi connectivity index (χ0) is 10.3. The fourth-order valence-corrected chi connectivity index (χ4v) is 1.77. The number of carbonyl (C=O) groups excluding carboxylic acids is 1. The quantitative estimate of drug-likeness (QED) is 0.517. The number of hydrogen-bond acceptors (Lipinski definition) is 4. The summed E-state index contributed by atoms with van der Waals surface area (Å²) < 4.78 is 30.3. The molecule has 1 fully saturated rings. The van der Waals surface area contributed by atoms with E-state index in [9.17, 15) is 13.2 Å². The van der Waals surface area contributed by atoms with Gasteiger partial charge in [0.15, 0.2) is 0 Å². The highest BCUT2D eigenvalue weighted by atomic mass is 32.2. The summed E-state index contributed by atoms with van der Waals surface area (Å²) in [5, 5.41) is 0. The Kier molecular flexibility index (Phi) is 2.35. The van der Waals surface area contributed by atoms with Crippen LogP contribution in [0.15, 0.2) is 0 Å². The molecule has 1 saturated carbocycles. The van der Waals surface area contributed by atoms with Gasteiger partial charge < -0.3 is 5.73 Å². The molecular formula is C6H12N2O4S. The molecule has 2 atom stereocenters. The van der Waals surface area contributed by atoms with Crippen molar-refractivity contribution in [2.45, 2.75) is 25.3 Å². The first-order valence-electron chi connectivity index (χ1n) is 3.88. The van der Waals surface area contributed by atoms with E-state index in [0.717, 1.165) is 6.42 Å². The summed E-state index contributed by atoms with van der Waals surface area (Å²) in [4.78, 5) is 11.1. The van der Waals surface area contributed by atoms with Gasteiger partial charge in [-0.15, -0.1) is 0 Å². The molecule has 1 rings (SSSR count). The predicted molar refractivity (Wildman–Crippen MR) is 45.0 cm³/mol. The maximum Gasteiger partial charge on any atom is 0.359 e. The van der Waals surface area contributed by atoms with E-state index in [1.54, 1.807) is 0 Å². The van der Waals surface area contributed by atoms with Gasteiger partial charge in [0.2, 0.25) is 0 Å². The molecule has 0 aromatic heterocycles. The number of carbonyl (C=O) groups is 1. The number of hydrogen-bond donors (Lipinski definition) is 3. The van der Waals surface area contributed by atoms with Gasteiger partial charge in [0.1, 0.15) is 0 Å². The van der Waals surface area contributed by atoms with Crippen molar-refractivity contribution in [3.05, 3.63) is 0 Å². The first-order valence-corrected chi connectivity index (χ1v) is 5.32. The number of rotatable bonds is 3. The van der Waals surface area contributed by atoms with E-state index in [2.05, 4.69) is 0 Å². The maximum absolute atomic E-state index is 11.1. The van der Waals surface area contributed by atoms with Crippen molar-refractivity contribution in [1.29, 1.82) is 0 Å². The van der Waals surface area contributed by atoms with Crippen LogP contribution in [0.4, 0.5) is 0 Å². The average Bonchev–Trinajstić information content (AvgIpc) is 2.60. The summed E-state index contributed by atoms with van der Waals surface area (Å²) in [6.07, 6.45) is 1.18. The van der Waals surface area contributed by atoms with Crippen LogP contribution in [0.3, 0.4) is 0 Å². The van der Waals surface area contributed by atoms with E-state index >= 15 is 0 Å². The van der Waals surface area contributed by atoms with E-state index in [0.29, 0.717) is 6.42 Å². The second-order valence-electron chi connectivity index (χ2n) is 3.26. The SMILES string of the molecule is CCC1CC1(N)C(=O)NS(=O)(=O)O. The van der Waals surface area contributed by atoms with Crippen LogP contribution in [-0.4, -0.2) is 24.4 Å². The van der Waals surface area contributed by atoms with Crippen LogP contribution in [-0.2, 0) is 15.1 Å². The van der Waals surface area contributed by atoms with Crippen molar-refractivity contribution >= 4 is 16.2 Å². The van der Waals surface area contributed by atoms with Gasteiger partial charge in [-0.25, -0.2) is 4.72 Å². The fraction of sp³-hybridized carbons (Fsp3) is 0.833. The molecule has 0 heterocycles. The standard InChI is InChI=1S/C6H12N2O4S/c1-2-4-3-6(4,7)5(9)8-13(10,11)12/h4H,2-3,7H2,1H3,(H,8,9)(H,10,11,12). The van der Waals surface area contributed by atoms with Crippen molar-refractivity contribution in [2.24, 2.45) is 11.7 Å². The molecule has 1 aliphatic carbocycles. The Labute approximate surface area is 76.4 Å². The Hall–Kier alpha value is -0.660. The molecule has 13 heavy (non-hydrogen) atoms. The van der Waals surface area contributed by atoms with Crippen LogP contribution in [0.5, 0.6) is 0 Å². The number of amides is 1. The summed E-state index contributed by atoms with van der Waals surface area (Å²) in [6, 6.07) is 0. The maximum atomic E-state index is 11.1. The molecular weight excluding hydrogens is 196 g/mol. The Morgan fingerprint density at radius 1 is 1.77 bits per heavy atom. The molecule has 6 nitrogen and oxygen atoms in total. The fourth-order valence-electron chi connectivity index (χ4n) is 1.35. The number of nitrogens with two attached hydrogens (primary N) is 1. The Balaban J connectivity index is 2.61. The molecule has 0 bridgehead atoms. The van der Waals surface area contributed by atoms with Crippen LogP contribution in [0, 0.1) is 5.92 Å². The number of nitrogens with one attached hydrogen (secondary N) is 1. The normalized spacial score (nSPS) is 32.7. The predicted octanol–water partition coefficient (Wildman–Crippen LogP) is -0.967. The van der Waals surface area contributed by atoms with Gasteiger partial charge in [-0.2, -0.15) is 8.42 Å². The largest absolute Gasteiger partial charge is 0.359 e. The minimum atomic E-state index is -4.48. The molecule has 0 aromatic carbocycles. The summed E-state index contributed by atoms with van der Waals surface area (Å²) in [5.74, 6) is -0.823. The Morgan fingerprint density at radius 2 is 2.31 bits per heavy atom. The van der Waals surface area contributed by atoms with Crippen LogP contribution in [0.2, 0.25) is 0 Å². The van der Waals surface area contributed by atoms with E-state index in [4.69, 9.17) is 10.3 Å². The van der Waals surface area contributed by atoms with Crippen LogP contribution in [0.25, 0.3) is 0 Å². The second kappa shape index (κ2) is 2.93. The van der Waals surface area contributed by atoms with Gasteiger partial charge >= 0.3 is 10.3 Å². The molecule has 0 spiro atoms.